The number of carboxylic acids is 1. The van der Waals surface area contributed by atoms with Crippen LogP contribution in [0, 0.1) is 6.92 Å². The van der Waals surface area contributed by atoms with Crippen LogP contribution in [0.25, 0.3) is 11.3 Å². The minimum Gasteiger partial charge on any atom is -0.480 e. The molecule has 0 bridgehead atoms. The van der Waals surface area contributed by atoms with E-state index >= 15 is 0 Å². The Hall–Kier alpha value is -2.41. The van der Waals surface area contributed by atoms with Crippen molar-refractivity contribution >= 4 is 28.9 Å². The Morgan fingerprint density at radius 3 is 2.71 bits per heavy atom. The summed E-state index contributed by atoms with van der Waals surface area (Å²) in [5.74, 6) is -0.957. The van der Waals surface area contributed by atoms with E-state index in [0.717, 1.165) is 16.3 Å². The molecule has 1 N–H and O–H groups in total. The monoisotopic (exact) mass is 346 g/mol. The van der Waals surface area contributed by atoms with Gasteiger partial charge in [0.05, 0.1) is 16.4 Å². The molecule has 126 valence electrons. The molecule has 0 fully saturated rings. The third-order valence-corrected chi connectivity index (χ3v) is 4.75. The number of aliphatic carboxylic acids is 1. The van der Waals surface area contributed by atoms with Gasteiger partial charge >= 0.3 is 5.97 Å². The van der Waals surface area contributed by atoms with Crippen molar-refractivity contribution in [3.8, 4) is 17.0 Å². The second kappa shape index (κ2) is 5.59. The highest BCUT2D eigenvalue weighted by Crippen LogP contribution is 2.41. The number of fused-ring (bicyclic) bond motifs is 1. The lowest BCUT2D eigenvalue weighted by Gasteiger charge is -2.40. The lowest BCUT2D eigenvalue weighted by molar-refractivity contribution is -0.142. The van der Waals surface area contributed by atoms with Crippen molar-refractivity contribution in [1.82, 2.24) is 4.98 Å². The number of ether oxygens (including phenoxy) is 1. The van der Waals surface area contributed by atoms with Gasteiger partial charge in [0.15, 0.2) is 5.60 Å². The van der Waals surface area contributed by atoms with Crippen molar-refractivity contribution < 1.29 is 19.4 Å². The SMILES string of the molecule is Cc1nc(-c2ccc3c(c2)N(C(C)C(=O)O)C(=O)C(C)(C)O3)cs1. The van der Waals surface area contributed by atoms with E-state index in [1.54, 1.807) is 26.0 Å². The van der Waals surface area contributed by atoms with Gasteiger partial charge in [-0.1, -0.05) is 0 Å². The molecule has 6 nitrogen and oxygen atoms in total. The van der Waals surface area contributed by atoms with Gasteiger partial charge in [-0.3, -0.25) is 9.69 Å². The maximum absolute atomic E-state index is 12.7. The molecular weight excluding hydrogens is 328 g/mol. The standard InChI is InChI=1S/C17H18N2O4S/c1-9(15(20)21)19-13-7-11(12-8-24-10(2)18-12)5-6-14(13)23-17(3,4)16(19)22/h5-9H,1-4H3,(H,20,21). The molecule has 7 heteroatoms. The number of carboxylic acid groups (broad SMARTS) is 1. The number of carbonyl (C=O) groups is 2. The largest absolute Gasteiger partial charge is 0.480 e. The molecule has 2 heterocycles. The van der Waals surface area contributed by atoms with Gasteiger partial charge in [0.1, 0.15) is 11.8 Å². The van der Waals surface area contributed by atoms with Gasteiger partial charge in [-0.05, 0) is 45.9 Å². The quantitative estimate of drug-likeness (QED) is 0.924. The zero-order valence-electron chi connectivity index (χ0n) is 13.9. The molecule has 0 spiro atoms. The topological polar surface area (TPSA) is 79.7 Å². The molecule has 0 aliphatic carbocycles. The average Bonchev–Trinajstić information content (AvgIpc) is 2.94. The van der Waals surface area contributed by atoms with E-state index in [1.807, 2.05) is 18.4 Å². The van der Waals surface area contributed by atoms with Crippen molar-refractivity contribution in [2.24, 2.45) is 0 Å². The minimum atomic E-state index is -1.12. The first kappa shape index (κ1) is 16.4. The molecule has 3 rings (SSSR count). The first-order valence-corrected chi connectivity index (χ1v) is 8.40. The number of thiazole rings is 1. The highest BCUT2D eigenvalue weighted by atomic mass is 32.1. The van der Waals surface area contributed by atoms with Crippen molar-refractivity contribution in [3.63, 3.8) is 0 Å². The van der Waals surface area contributed by atoms with Crippen LogP contribution in [-0.2, 0) is 9.59 Å². The number of carbonyl (C=O) groups excluding carboxylic acids is 1. The van der Waals surface area contributed by atoms with Crippen LogP contribution < -0.4 is 9.64 Å². The van der Waals surface area contributed by atoms with E-state index < -0.39 is 17.6 Å². The molecule has 1 aromatic heterocycles. The predicted molar refractivity (Wildman–Crippen MR) is 91.6 cm³/mol. The van der Waals surface area contributed by atoms with Crippen molar-refractivity contribution in [1.29, 1.82) is 0 Å². The van der Waals surface area contributed by atoms with Crippen molar-refractivity contribution in [2.45, 2.75) is 39.3 Å². The summed E-state index contributed by atoms with van der Waals surface area (Å²) in [6.45, 7) is 6.68. The lowest BCUT2D eigenvalue weighted by Crippen LogP contribution is -2.57. The summed E-state index contributed by atoms with van der Waals surface area (Å²) in [6.07, 6.45) is 0. The zero-order chi connectivity index (χ0) is 17.6. The Kier molecular flexibility index (Phi) is 3.83. The van der Waals surface area contributed by atoms with Crippen LogP contribution in [0.4, 0.5) is 5.69 Å². The molecule has 0 radical (unpaired) electrons. The maximum Gasteiger partial charge on any atom is 0.326 e. The average molecular weight is 346 g/mol. The van der Waals surface area contributed by atoms with Gasteiger partial charge in [0.2, 0.25) is 0 Å². The number of nitrogens with zero attached hydrogens (tertiary/aromatic N) is 2. The van der Waals surface area contributed by atoms with Crippen LogP contribution in [-0.4, -0.2) is 33.6 Å². The van der Waals surface area contributed by atoms with Gasteiger partial charge in [-0.15, -0.1) is 11.3 Å². The minimum absolute atomic E-state index is 0.378. The van der Waals surface area contributed by atoms with Crippen LogP contribution in [0.3, 0.4) is 0 Å². The molecule has 1 aliphatic rings. The third-order valence-electron chi connectivity index (χ3n) is 3.98. The summed E-state index contributed by atoms with van der Waals surface area (Å²) >= 11 is 1.53. The summed E-state index contributed by atoms with van der Waals surface area (Å²) in [4.78, 5) is 29.9. The smallest absolute Gasteiger partial charge is 0.326 e. The van der Waals surface area contributed by atoms with Crippen LogP contribution in [0.5, 0.6) is 5.75 Å². The van der Waals surface area contributed by atoms with Gasteiger partial charge in [0, 0.05) is 10.9 Å². The second-order valence-corrected chi connectivity index (χ2v) is 7.30. The fraction of sp³-hybridized carbons (Fsp3) is 0.353. The molecule has 2 aromatic rings. The molecule has 1 atom stereocenters. The number of benzene rings is 1. The Morgan fingerprint density at radius 1 is 1.42 bits per heavy atom. The number of hydrogen-bond acceptors (Lipinski definition) is 5. The predicted octanol–water partition coefficient (Wildman–Crippen LogP) is 3.10. The van der Waals surface area contributed by atoms with Gasteiger partial charge in [-0.25, -0.2) is 9.78 Å². The van der Waals surface area contributed by atoms with Crippen LogP contribution in [0.1, 0.15) is 25.8 Å². The first-order valence-electron chi connectivity index (χ1n) is 7.53. The van der Waals surface area contributed by atoms with Crippen LogP contribution in [0.15, 0.2) is 23.6 Å². The Bertz CT molecular complexity index is 828. The summed E-state index contributed by atoms with van der Waals surface area (Å²) < 4.78 is 5.79. The summed E-state index contributed by atoms with van der Waals surface area (Å²) in [5.41, 5.74) is 0.949. The molecule has 0 saturated heterocycles. The Labute approximate surface area is 143 Å². The number of aromatic nitrogens is 1. The van der Waals surface area contributed by atoms with E-state index in [4.69, 9.17) is 4.74 Å². The molecule has 0 saturated carbocycles. The normalized spacial score (nSPS) is 17.2. The van der Waals surface area contributed by atoms with Crippen molar-refractivity contribution in [2.75, 3.05) is 4.90 Å². The molecular formula is C17H18N2O4S. The second-order valence-electron chi connectivity index (χ2n) is 6.24. The van der Waals surface area contributed by atoms with E-state index in [9.17, 15) is 14.7 Å². The zero-order valence-corrected chi connectivity index (χ0v) is 14.7. The maximum atomic E-state index is 12.7. The van der Waals surface area contributed by atoms with Gasteiger partial charge in [0.25, 0.3) is 5.91 Å². The fourth-order valence-electron chi connectivity index (χ4n) is 2.66. The third kappa shape index (κ3) is 2.65. The number of anilines is 1. The van der Waals surface area contributed by atoms with E-state index in [1.165, 1.54) is 23.2 Å². The van der Waals surface area contributed by atoms with Gasteiger partial charge in [-0.2, -0.15) is 0 Å². The summed E-state index contributed by atoms with van der Waals surface area (Å²) in [5, 5.41) is 12.3. The fourth-order valence-corrected chi connectivity index (χ4v) is 3.28. The number of aryl methyl sites for hydroxylation is 1. The lowest BCUT2D eigenvalue weighted by atomic mass is 10.0. The molecule has 24 heavy (non-hydrogen) atoms. The van der Waals surface area contributed by atoms with E-state index in [2.05, 4.69) is 4.98 Å². The number of rotatable bonds is 3. The Morgan fingerprint density at radius 2 is 2.12 bits per heavy atom. The molecule has 1 amide bonds. The molecule has 1 unspecified atom stereocenters. The van der Waals surface area contributed by atoms with E-state index in [0.29, 0.717) is 11.4 Å². The highest BCUT2D eigenvalue weighted by molar-refractivity contribution is 7.09. The summed E-state index contributed by atoms with van der Waals surface area (Å²) in [6, 6.07) is 4.39. The molecule has 1 aromatic carbocycles. The Balaban J connectivity index is 2.14. The number of amides is 1. The summed E-state index contributed by atoms with van der Waals surface area (Å²) in [7, 11) is 0. The van der Waals surface area contributed by atoms with Crippen molar-refractivity contribution in [3.05, 3.63) is 28.6 Å². The number of hydrogen-bond donors (Lipinski definition) is 1. The first-order chi connectivity index (χ1) is 11.2. The van der Waals surface area contributed by atoms with Gasteiger partial charge < -0.3 is 9.84 Å². The van der Waals surface area contributed by atoms with Crippen LogP contribution in [0.2, 0.25) is 0 Å². The van der Waals surface area contributed by atoms with Crippen LogP contribution >= 0.6 is 11.3 Å². The van der Waals surface area contributed by atoms with E-state index in [-0.39, 0.29) is 5.91 Å². The highest BCUT2D eigenvalue weighted by Gasteiger charge is 2.44. The molecule has 1 aliphatic heterocycles.